The Hall–Kier alpha value is -5.57. The van der Waals surface area contributed by atoms with Crippen LogP contribution in [0, 0.1) is 13.8 Å². The summed E-state index contributed by atoms with van der Waals surface area (Å²) in [6, 6.07) is 61.7. The van der Waals surface area contributed by atoms with Crippen molar-refractivity contribution in [2.45, 2.75) is 13.8 Å². The highest BCUT2D eigenvalue weighted by molar-refractivity contribution is 6.36. The van der Waals surface area contributed by atoms with Gasteiger partial charge in [-0.25, -0.2) is 0 Å². The van der Waals surface area contributed by atoms with E-state index in [-0.39, 0.29) is 0 Å². The van der Waals surface area contributed by atoms with Gasteiger partial charge in [0.05, 0.1) is 10.7 Å². The molecule has 0 aliphatic carbocycles. The monoisotopic (exact) mass is 626 g/mol. The highest BCUT2D eigenvalue weighted by atomic mass is 35.5. The molecule has 0 spiro atoms. The third kappa shape index (κ3) is 6.16. The van der Waals surface area contributed by atoms with Crippen molar-refractivity contribution in [1.82, 2.24) is 0 Å². The van der Waals surface area contributed by atoms with Gasteiger partial charge in [0.2, 0.25) is 0 Å². The molecule has 228 valence electrons. The molecule has 2 nitrogen and oxygen atoms in total. The fourth-order valence-electron chi connectivity index (χ4n) is 6.19. The van der Waals surface area contributed by atoms with Crippen molar-refractivity contribution in [3.05, 3.63) is 192 Å². The number of hydrogen-bond acceptors (Lipinski definition) is 2. The van der Waals surface area contributed by atoms with E-state index in [9.17, 15) is 0 Å². The molecule has 0 amide bonds. The average Bonchev–Trinajstić information content (AvgIpc) is 3.12. The van der Waals surface area contributed by atoms with Crippen LogP contribution >= 0.6 is 11.6 Å². The fourth-order valence-corrected chi connectivity index (χ4v) is 6.49. The SMILES string of the molecule is Cc1ccccc1N(c1ccccc1C)c1cc(N(c2ccccc2)c2ccc(-c3ccccc3)cc2)cc(-c2ccccc2)c1Cl. The lowest BCUT2D eigenvalue weighted by Gasteiger charge is -2.32. The van der Waals surface area contributed by atoms with E-state index in [1.807, 2.05) is 6.07 Å². The van der Waals surface area contributed by atoms with Gasteiger partial charge in [-0.2, -0.15) is 0 Å². The molecule has 0 atom stereocenters. The second-order valence-corrected chi connectivity index (χ2v) is 12.1. The lowest BCUT2D eigenvalue weighted by Crippen LogP contribution is -2.15. The van der Waals surface area contributed by atoms with Crippen molar-refractivity contribution < 1.29 is 0 Å². The van der Waals surface area contributed by atoms with Gasteiger partial charge in [-0.3, -0.25) is 0 Å². The van der Waals surface area contributed by atoms with Gasteiger partial charge in [-0.1, -0.05) is 139 Å². The van der Waals surface area contributed by atoms with E-state index in [1.165, 1.54) is 11.1 Å². The van der Waals surface area contributed by atoms with Crippen molar-refractivity contribution in [1.29, 1.82) is 0 Å². The third-order valence-electron chi connectivity index (χ3n) is 8.58. The Kier molecular flexibility index (Phi) is 8.60. The van der Waals surface area contributed by atoms with E-state index in [0.29, 0.717) is 5.02 Å². The summed E-state index contributed by atoms with van der Waals surface area (Å²) in [5, 5.41) is 0.693. The highest BCUT2D eigenvalue weighted by Gasteiger charge is 2.24. The van der Waals surface area contributed by atoms with E-state index < -0.39 is 0 Å². The third-order valence-corrected chi connectivity index (χ3v) is 8.98. The van der Waals surface area contributed by atoms with E-state index in [4.69, 9.17) is 11.6 Å². The lowest BCUT2D eigenvalue weighted by molar-refractivity contribution is 1.21. The number of halogens is 1. The maximum Gasteiger partial charge on any atom is 0.0726 e. The average molecular weight is 627 g/mol. The van der Waals surface area contributed by atoms with Gasteiger partial charge in [0.15, 0.2) is 0 Å². The summed E-state index contributed by atoms with van der Waals surface area (Å²) in [6.45, 7) is 4.31. The van der Waals surface area contributed by atoms with Crippen LogP contribution in [0.3, 0.4) is 0 Å². The van der Waals surface area contributed by atoms with Crippen LogP contribution < -0.4 is 9.80 Å². The summed E-state index contributed by atoms with van der Waals surface area (Å²) in [4.78, 5) is 4.62. The summed E-state index contributed by atoms with van der Waals surface area (Å²) in [6.07, 6.45) is 0. The van der Waals surface area contributed by atoms with Gasteiger partial charge in [0.25, 0.3) is 0 Å². The molecule has 0 saturated carbocycles. The molecule has 0 unspecified atom stereocenters. The molecule has 3 heteroatoms. The Morgan fingerprint density at radius 3 is 1.36 bits per heavy atom. The zero-order valence-electron chi connectivity index (χ0n) is 26.5. The van der Waals surface area contributed by atoms with Crippen molar-refractivity contribution in [2.75, 3.05) is 9.80 Å². The predicted octanol–water partition coefficient (Wildman–Crippen LogP) is 13.2. The zero-order valence-corrected chi connectivity index (χ0v) is 27.3. The smallest absolute Gasteiger partial charge is 0.0726 e. The lowest BCUT2D eigenvalue weighted by atomic mass is 10.0. The van der Waals surface area contributed by atoms with Crippen LogP contribution in [-0.2, 0) is 0 Å². The van der Waals surface area contributed by atoms with Crippen molar-refractivity contribution in [2.24, 2.45) is 0 Å². The highest BCUT2D eigenvalue weighted by Crippen LogP contribution is 2.49. The topological polar surface area (TPSA) is 6.48 Å². The molecule has 0 aliphatic heterocycles. The molecule has 7 rings (SSSR count). The largest absolute Gasteiger partial charge is 0.310 e. The second-order valence-electron chi connectivity index (χ2n) is 11.7. The first-order valence-corrected chi connectivity index (χ1v) is 16.3. The first-order valence-electron chi connectivity index (χ1n) is 15.9. The van der Waals surface area contributed by atoms with E-state index >= 15 is 0 Å². The molecule has 0 aliphatic rings. The molecule has 7 aromatic rings. The van der Waals surface area contributed by atoms with Crippen LogP contribution in [0.4, 0.5) is 34.1 Å². The minimum atomic E-state index is 0.693. The molecule has 0 bridgehead atoms. The summed E-state index contributed by atoms with van der Waals surface area (Å²) in [5.41, 5.74) is 12.9. The van der Waals surface area contributed by atoms with Gasteiger partial charge in [-0.05, 0) is 90.2 Å². The molecule has 0 saturated heterocycles. The van der Waals surface area contributed by atoms with Crippen molar-refractivity contribution in [3.63, 3.8) is 0 Å². The minimum absolute atomic E-state index is 0.693. The molecule has 0 N–H and O–H groups in total. The number of anilines is 6. The Morgan fingerprint density at radius 1 is 0.362 bits per heavy atom. The Morgan fingerprint density at radius 2 is 0.809 bits per heavy atom. The van der Waals surface area contributed by atoms with E-state index in [2.05, 4.69) is 194 Å². The summed E-state index contributed by atoms with van der Waals surface area (Å²) in [5.74, 6) is 0. The molecule has 0 aromatic heterocycles. The molecule has 0 heterocycles. The van der Waals surface area contributed by atoms with Crippen LogP contribution in [-0.4, -0.2) is 0 Å². The van der Waals surface area contributed by atoms with Crippen molar-refractivity contribution in [3.8, 4) is 22.3 Å². The van der Waals surface area contributed by atoms with Crippen LogP contribution in [0.15, 0.2) is 176 Å². The van der Waals surface area contributed by atoms with Crippen LogP contribution in [0.25, 0.3) is 22.3 Å². The van der Waals surface area contributed by atoms with Crippen LogP contribution in [0.1, 0.15) is 11.1 Å². The number of benzene rings is 7. The summed E-state index contributed by atoms with van der Waals surface area (Å²) in [7, 11) is 0. The quantitative estimate of drug-likeness (QED) is 0.165. The van der Waals surface area contributed by atoms with Gasteiger partial charge < -0.3 is 9.80 Å². The number of para-hydroxylation sites is 3. The predicted molar refractivity (Wildman–Crippen MR) is 201 cm³/mol. The second kappa shape index (κ2) is 13.4. The Bertz CT molecular complexity index is 2060. The molecule has 0 fully saturated rings. The Labute approximate surface area is 282 Å². The van der Waals surface area contributed by atoms with E-state index in [0.717, 1.165) is 56.4 Å². The Balaban J connectivity index is 1.49. The van der Waals surface area contributed by atoms with Crippen molar-refractivity contribution >= 4 is 45.7 Å². The normalized spacial score (nSPS) is 10.9. The van der Waals surface area contributed by atoms with E-state index in [1.54, 1.807) is 0 Å². The van der Waals surface area contributed by atoms with Gasteiger partial charge >= 0.3 is 0 Å². The number of rotatable bonds is 8. The molecule has 47 heavy (non-hydrogen) atoms. The number of hydrogen-bond donors (Lipinski definition) is 0. The molecular formula is C44H35ClN2. The van der Waals surface area contributed by atoms with Crippen LogP contribution in [0.2, 0.25) is 5.02 Å². The van der Waals surface area contributed by atoms with Crippen LogP contribution in [0.5, 0.6) is 0 Å². The fraction of sp³-hybridized carbons (Fsp3) is 0.0455. The number of nitrogens with zero attached hydrogens (tertiary/aromatic N) is 2. The standard InChI is InChI=1S/C44H35ClN2/c1-32-16-12-14-24-41(32)47(42-25-15-13-17-33(42)2)43-31-39(30-40(44(43)45)36-20-8-4-9-21-36)46(37-22-10-5-11-23-37)38-28-26-35(27-29-38)34-18-6-3-7-19-34/h3-31H,1-2H3. The molecule has 0 radical (unpaired) electrons. The maximum absolute atomic E-state index is 7.54. The van der Waals surface area contributed by atoms with Gasteiger partial charge in [0, 0.05) is 34.0 Å². The number of aryl methyl sites for hydroxylation is 2. The molecular weight excluding hydrogens is 592 g/mol. The van der Waals surface area contributed by atoms with Gasteiger partial charge in [0.1, 0.15) is 0 Å². The first-order chi connectivity index (χ1) is 23.1. The molecule has 7 aromatic carbocycles. The minimum Gasteiger partial charge on any atom is -0.310 e. The first kappa shape index (κ1) is 30.1. The van der Waals surface area contributed by atoms with Gasteiger partial charge in [-0.15, -0.1) is 0 Å². The summed E-state index contributed by atoms with van der Waals surface area (Å²) >= 11 is 7.54. The maximum atomic E-state index is 7.54. The zero-order chi connectivity index (χ0) is 32.2. The summed E-state index contributed by atoms with van der Waals surface area (Å²) < 4.78 is 0.